The molecule has 1 amide bonds. The van der Waals surface area contributed by atoms with Crippen molar-refractivity contribution >= 4 is 32.5 Å². The third-order valence-electron chi connectivity index (χ3n) is 6.36. The molecular formula is C25H30N4O4S. The summed E-state index contributed by atoms with van der Waals surface area (Å²) >= 11 is 0. The van der Waals surface area contributed by atoms with Crippen LogP contribution >= 0.6 is 0 Å². The van der Waals surface area contributed by atoms with E-state index in [1.807, 2.05) is 19.9 Å². The standard InChI is InChI=1S/C25H30N4O4S/c1-18-7-5-8-19(2)29(18)34(32,33)21-14-12-20(13-15-21)27-24(30)11-6-16-28-17-26-23-10-4-3-9-22(23)25(28)31/h3-4,9-10,12-15,17-19H,5-8,11,16H2,1-2H3,(H,27,30). The Bertz CT molecular complexity index is 1330. The Labute approximate surface area is 199 Å². The molecule has 9 heteroatoms. The summed E-state index contributed by atoms with van der Waals surface area (Å²) in [5.41, 5.74) is 1.06. The molecule has 34 heavy (non-hydrogen) atoms. The monoisotopic (exact) mass is 482 g/mol. The SMILES string of the molecule is CC1CCCC(C)N1S(=O)(=O)c1ccc(NC(=O)CCCn2cnc3ccccc3c2=O)cc1. The van der Waals surface area contributed by atoms with Gasteiger partial charge in [-0.15, -0.1) is 0 Å². The van der Waals surface area contributed by atoms with Crippen LogP contribution in [0, 0.1) is 0 Å². The molecule has 1 fully saturated rings. The van der Waals surface area contributed by atoms with Crippen molar-refractivity contribution < 1.29 is 13.2 Å². The molecule has 1 aliphatic heterocycles. The lowest BCUT2D eigenvalue weighted by Gasteiger charge is -2.37. The molecule has 1 N–H and O–H groups in total. The minimum absolute atomic E-state index is 0.0292. The van der Waals surface area contributed by atoms with Crippen LogP contribution in [0.1, 0.15) is 46.0 Å². The third-order valence-corrected chi connectivity index (χ3v) is 8.50. The van der Waals surface area contributed by atoms with Gasteiger partial charge in [0, 0.05) is 30.7 Å². The number of fused-ring (bicyclic) bond motifs is 1. The first-order valence-electron chi connectivity index (χ1n) is 11.6. The number of aryl methyl sites for hydroxylation is 1. The number of aromatic nitrogens is 2. The van der Waals surface area contributed by atoms with Crippen LogP contribution in [0.25, 0.3) is 10.9 Å². The van der Waals surface area contributed by atoms with E-state index in [4.69, 9.17) is 0 Å². The van der Waals surface area contributed by atoms with Crippen molar-refractivity contribution in [3.8, 4) is 0 Å². The Hall–Kier alpha value is -3.04. The molecule has 2 atom stereocenters. The number of piperidine rings is 1. The zero-order chi connectivity index (χ0) is 24.3. The van der Waals surface area contributed by atoms with Gasteiger partial charge in [-0.1, -0.05) is 18.6 Å². The minimum atomic E-state index is -3.59. The summed E-state index contributed by atoms with van der Waals surface area (Å²) in [6.45, 7) is 4.28. The van der Waals surface area contributed by atoms with Crippen molar-refractivity contribution in [3.63, 3.8) is 0 Å². The molecule has 0 bridgehead atoms. The number of benzene rings is 2. The van der Waals surface area contributed by atoms with E-state index in [0.717, 1.165) is 19.3 Å². The number of para-hydroxylation sites is 1. The Morgan fingerprint density at radius 3 is 2.44 bits per heavy atom. The molecule has 8 nitrogen and oxygen atoms in total. The van der Waals surface area contributed by atoms with Gasteiger partial charge in [-0.05, 0) is 69.5 Å². The number of hydrogen-bond donors (Lipinski definition) is 1. The highest BCUT2D eigenvalue weighted by Crippen LogP contribution is 2.30. The summed E-state index contributed by atoms with van der Waals surface area (Å²) in [6.07, 6.45) is 4.96. The van der Waals surface area contributed by atoms with Gasteiger partial charge in [0.05, 0.1) is 22.1 Å². The summed E-state index contributed by atoms with van der Waals surface area (Å²) in [4.78, 5) is 29.4. The van der Waals surface area contributed by atoms with Crippen LogP contribution in [-0.4, -0.2) is 40.3 Å². The van der Waals surface area contributed by atoms with E-state index < -0.39 is 10.0 Å². The number of sulfonamides is 1. The molecule has 1 aliphatic rings. The first kappa shape index (κ1) is 24.1. The maximum atomic E-state index is 13.1. The molecule has 180 valence electrons. The van der Waals surface area contributed by atoms with E-state index in [2.05, 4.69) is 10.3 Å². The number of nitrogens with one attached hydrogen (secondary N) is 1. The van der Waals surface area contributed by atoms with Gasteiger partial charge in [-0.25, -0.2) is 13.4 Å². The van der Waals surface area contributed by atoms with Gasteiger partial charge in [0.2, 0.25) is 15.9 Å². The van der Waals surface area contributed by atoms with Gasteiger partial charge in [0.1, 0.15) is 0 Å². The lowest BCUT2D eigenvalue weighted by molar-refractivity contribution is -0.116. The zero-order valence-corrected chi connectivity index (χ0v) is 20.3. The second-order valence-corrected chi connectivity index (χ2v) is 10.7. The second kappa shape index (κ2) is 10.1. The Morgan fingerprint density at radius 2 is 1.74 bits per heavy atom. The van der Waals surface area contributed by atoms with Gasteiger partial charge >= 0.3 is 0 Å². The Balaban J connectivity index is 1.34. The molecule has 1 saturated heterocycles. The number of rotatable bonds is 7. The van der Waals surface area contributed by atoms with Gasteiger partial charge < -0.3 is 5.32 Å². The Morgan fingerprint density at radius 1 is 1.06 bits per heavy atom. The largest absolute Gasteiger partial charge is 0.326 e. The average molecular weight is 483 g/mol. The molecule has 2 aromatic carbocycles. The highest BCUT2D eigenvalue weighted by atomic mass is 32.2. The summed E-state index contributed by atoms with van der Waals surface area (Å²) in [5.74, 6) is -0.198. The van der Waals surface area contributed by atoms with E-state index in [0.29, 0.717) is 29.6 Å². The van der Waals surface area contributed by atoms with E-state index in [9.17, 15) is 18.0 Å². The predicted molar refractivity (Wildman–Crippen MR) is 132 cm³/mol. The summed E-state index contributed by atoms with van der Waals surface area (Å²) in [6, 6.07) is 13.4. The predicted octanol–water partition coefficient (Wildman–Crippen LogP) is 3.77. The van der Waals surface area contributed by atoms with Gasteiger partial charge in [-0.3, -0.25) is 14.2 Å². The Kier molecular flexibility index (Phi) is 7.13. The fourth-order valence-corrected chi connectivity index (χ4v) is 6.48. The fraction of sp³-hybridized carbons (Fsp3) is 0.400. The van der Waals surface area contributed by atoms with Crippen molar-refractivity contribution in [1.82, 2.24) is 13.9 Å². The molecule has 0 radical (unpaired) electrons. The molecule has 0 spiro atoms. The second-order valence-electron chi connectivity index (χ2n) is 8.90. The van der Waals surface area contributed by atoms with Crippen LogP contribution in [0.15, 0.2) is 64.5 Å². The van der Waals surface area contributed by atoms with Crippen LogP contribution in [0.3, 0.4) is 0 Å². The average Bonchev–Trinajstić information content (AvgIpc) is 2.81. The normalized spacial score (nSPS) is 19.2. The van der Waals surface area contributed by atoms with E-state index in [1.54, 1.807) is 46.8 Å². The first-order chi connectivity index (χ1) is 16.3. The fourth-order valence-electron chi connectivity index (χ4n) is 4.60. The van der Waals surface area contributed by atoms with Crippen LogP contribution in [0.4, 0.5) is 5.69 Å². The molecule has 2 heterocycles. The third kappa shape index (κ3) is 5.05. The first-order valence-corrected chi connectivity index (χ1v) is 13.1. The number of carbonyl (C=O) groups is 1. The van der Waals surface area contributed by atoms with E-state index in [1.165, 1.54) is 10.9 Å². The molecule has 0 aliphatic carbocycles. The van der Waals surface area contributed by atoms with Crippen molar-refractivity contribution in [1.29, 1.82) is 0 Å². The number of amides is 1. The molecule has 2 unspecified atom stereocenters. The molecule has 4 rings (SSSR count). The minimum Gasteiger partial charge on any atom is -0.326 e. The van der Waals surface area contributed by atoms with Crippen molar-refractivity contribution in [2.45, 2.75) is 69.5 Å². The highest BCUT2D eigenvalue weighted by molar-refractivity contribution is 7.89. The van der Waals surface area contributed by atoms with Crippen LogP contribution in [0.2, 0.25) is 0 Å². The quantitative estimate of drug-likeness (QED) is 0.552. The number of carbonyl (C=O) groups excluding carboxylic acids is 1. The lowest BCUT2D eigenvalue weighted by Crippen LogP contribution is -2.47. The van der Waals surface area contributed by atoms with Gasteiger partial charge in [0.25, 0.3) is 5.56 Å². The maximum absolute atomic E-state index is 13.1. The lowest BCUT2D eigenvalue weighted by atomic mass is 10.0. The zero-order valence-electron chi connectivity index (χ0n) is 19.5. The number of nitrogens with zero attached hydrogens (tertiary/aromatic N) is 3. The molecule has 0 saturated carbocycles. The topological polar surface area (TPSA) is 101 Å². The smallest absolute Gasteiger partial charge is 0.261 e. The van der Waals surface area contributed by atoms with Crippen LogP contribution in [0.5, 0.6) is 0 Å². The van der Waals surface area contributed by atoms with Crippen molar-refractivity contribution in [2.75, 3.05) is 5.32 Å². The summed E-state index contributed by atoms with van der Waals surface area (Å²) in [5, 5.41) is 3.35. The van der Waals surface area contributed by atoms with Gasteiger partial charge in [-0.2, -0.15) is 4.31 Å². The van der Waals surface area contributed by atoms with Crippen LogP contribution in [-0.2, 0) is 21.4 Å². The van der Waals surface area contributed by atoms with E-state index >= 15 is 0 Å². The summed E-state index contributed by atoms with van der Waals surface area (Å²) < 4.78 is 29.4. The number of hydrogen-bond acceptors (Lipinski definition) is 5. The summed E-state index contributed by atoms with van der Waals surface area (Å²) in [7, 11) is -3.59. The maximum Gasteiger partial charge on any atom is 0.261 e. The highest BCUT2D eigenvalue weighted by Gasteiger charge is 2.35. The van der Waals surface area contributed by atoms with Crippen molar-refractivity contribution in [3.05, 3.63) is 65.2 Å². The molecular weight excluding hydrogens is 452 g/mol. The van der Waals surface area contributed by atoms with Gasteiger partial charge in [0.15, 0.2) is 0 Å². The van der Waals surface area contributed by atoms with Crippen LogP contribution < -0.4 is 10.9 Å². The molecule has 1 aromatic heterocycles. The van der Waals surface area contributed by atoms with Crippen molar-refractivity contribution in [2.24, 2.45) is 0 Å². The number of anilines is 1. The molecule has 3 aromatic rings. The van der Waals surface area contributed by atoms with E-state index in [-0.39, 0.29) is 34.9 Å².